The number of nitrogens with one attached hydrogen (secondary N) is 1. The normalized spacial score (nSPS) is 13.9. The van der Waals surface area contributed by atoms with Crippen LogP contribution in [-0.4, -0.2) is 24.0 Å². The summed E-state index contributed by atoms with van der Waals surface area (Å²) >= 11 is 6.11. The molecule has 1 fully saturated rings. The molecule has 0 spiro atoms. The number of fused-ring (bicyclic) bond motifs is 1. The number of carbonyl (C=O) groups excluding carboxylic acids is 1. The summed E-state index contributed by atoms with van der Waals surface area (Å²) in [6.45, 7) is 2.99. The summed E-state index contributed by atoms with van der Waals surface area (Å²) in [5.41, 5.74) is 3.01. The molecule has 0 saturated heterocycles. The van der Waals surface area contributed by atoms with Crippen LogP contribution in [0, 0.1) is 5.92 Å². The van der Waals surface area contributed by atoms with Crippen molar-refractivity contribution >= 4 is 28.4 Å². The Morgan fingerprint density at radius 1 is 1.38 bits per heavy atom. The largest absolute Gasteiger partial charge is 0.493 e. The van der Waals surface area contributed by atoms with E-state index >= 15 is 0 Å². The number of aromatic nitrogens is 1. The minimum Gasteiger partial charge on any atom is -0.493 e. The third kappa shape index (κ3) is 4.60. The average molecular weight is 347 g/mol. The highest BCUT2D eigenvalue weighted by atomic mass is 35.5. The maximum absolute atomic E-state index is 10.9. The van der Waals surface area contributed by atoms with Crippen molar-refractivity contribution in [1.82, 2.24) is 10.3 Å². The molecule has 1 N–H and O–H groups in total. The zero-order chi connectivity index (χ0) is 16.9. The number of ether oxygens (including phenoxy) is 1. The summed E-state index contributed by atoms with van der Waals surface area (Å²) in [5, 5.41) is 3.87. The topological polar surface area (TPSA) is 51.2 Å². The van der Waals surface area contributed by atoms with Gasteiger partial charge in [0.1, 0.15) is 5.75 Å². The molecule has 1 amide bonds. The Bertz CT molecular complexity index is 729. The minimum atomic E-state index is -0.00207. The standard InChI is InChI=1S/C19H23ClN2O2/c1-13(23)21-8-2-3-18-16(11-20)9-15-10-17(6-7-19(15)22-18)24-12-14-4-5-14/h6-7,9-10,14H,2-5,8,11-12H2,1H3,(H,21,23). The fraction of sp³-hybridized carbons (Fsp3) is 0.474. The number of carbonyl (C=O) groups is 1. The second-order valence-corrected chi connectivity index (χ2v) is 6.69. The molecule has 0 bridgehead atoms. The molecule has 5 heteroatoms. The van der Waals surface area contributed by atoms with E-state index in [-0.39, 0.29) is 5.91 Å². The Kier molecular flexibility index (Phi) is 5.56. The SMILES string of the molecule is CC(=O)NCCCc1nc2ccc(OCC3CC3)cc2cc1CCl. The van der Waals surface area contributed by atoms with Gasteiger partial charge in [0.25, 0.3) is 0 Å². The van der Waals surface area contributed by atoms with Gasteiger partial charge in [0.05, 0.1) is 12.1 Å². The van der Waals surface area contributed by atoms with E-state index < -0.39 is 0 Å². The van der Waals surface area contributed by atoms with Crippen LogP contribution in [0.3, 0.4) is 0 Å². The van der Waals surface area contributed by atoms with Gasteiger partial charge in [0, 0.05) is 30.4 Å². The molecule has 1 aromatic carbocycles. The fourth-order valence-electron chi connectivity index (χ4n) is 2.68. The number of pyridine rings is 1. The molecule has 0 atom stereocenters. The van der Waals surface area contributed by atoms with Crippen molar-refractivity contribution in [2.75, 3.05) is 13.2 Å². The van der Waals surface area contributed by atoms with Crippen LogP contribution in [0.1, 0.15) is 37.4 Å². The molecule has 1 aliphatic carbocycles. The predicted octanol–water partition coefficient (Wildman–Crippen LogP) is 3.83. The van der Waals surface area contributed by atoms with Crippen LogP contribution in [0.4, 0.5) is 0 Å². The van der Waals surface area contributed by atoms with E-state index in [4.69, 9.17) is 21.3 Å². The number of aryl methyl sites for hydroxylation is 1. The van der Waals surface area contributed by atoms with Crippen molar-refractivity contribution in [1.29, 1.82) is 0 Å². The molecule has 1 heterocycles. The first-order valence-corrected chi connectivity index (χ1v) is 9.05. The molecular formula is C19H23ClN2O2. The maximum atomic E-state index is 10.9. The summed E-state index contributed by atoms with van der Waals surface area (Å²) in [4.78, 5) is 15.7. The molecule has 128 valence electrons. The highest BCUT2D eigenvalue weighted by molar-refractivity contribution is 6.17. The van der Waals surface area contributed by atoms with Gasteiger partial charge >= 0.3 is 0 Å². The Morgan fingerprint density at radius 2 is 2.21 bits per heavy atom. The van der Waals surface area contributed by atoms with Crippen LogP contribution in [0.5, 0.6) is 5.75 Å². The number of amides is 1. The molecule has 0 radical (unpaired) electrons. The third-order valence-electron chi connectivity index (χ3n) is 4.25. The lowest BCUT2D eigenvalue weighted by Crippen LogP contribution is -2.21. The second-order valence-electron chi connectivity index (χ2n) is 6.42. The summed E-state index contributed by atoms with van der Waals surface area (Å²) in [7, 11) is 0. The molecule has 4 nitrogen and oxygen atoms in total. The minimum absolute atomic E-state index is 0.00207. The van der Waals surface area contributed by atoms with Crippen molar-refractivity contribution < 1.29 is 9.53 Å². The fourth-order valence-corrected chi connectivity index (χ4v) is 2.91. The summed E-state index contributed by atoms with van der Waals surface area (Å²) in [6.07, 6.45) is 4.23. The van der Waals surface area contributed by atoms with E-state index in [9.17, 15) is 4.79 Å². The van der Waals surface area contributed by atoms with Crippen molar-refractivity contribution in [2.45, 2.75) is 38.5 Å². The number of alkyl halides is 1. The zero-order valence-electron chi connectivity index (χ0n) is 14.0. The molecular weight excluding hydrogens is 324 g/mol. The number of halogens is 1. The number of rotatable bonds is 8. The van der Waals surface area contributed by atoms with E-state index in [1.165, 1.54) is 19.8 Å². The van der Waals surface area contributed by atoms with Gasteiger partial charge in [0.15, 0.2) is 0 Å². The Hall–Kier alpha value is -1.81. The van der Waals surface area contributed by atoms with Crippen LogP contribution in [0.25, 0.3) is 10.9 Å². The molecule has 1 aromatic heterocycles. The lowest BCUT2D eigenvalue weighted by molar-refractivity contribution is -0.118. The molecule has 0 aliphatic heterocycles. The third-order valence-corrected chi connectivity index (χ3v) is 4.53. The lowest BCUT2D eigenvalue weighted by Gasteiger charge is -2.11. The predicted molar refractivity (Wildman–Crippen MR) is 96.5 cm³/mol. The van der Waals surface area contributed by atoms with Crippen molar-refractivity contribution in [3.63, 3.8) is 0 Å². The summed E-state index contributed by atoms with van der Waals surface area (Å²) in [5.74, 6) is 2.07. The molecule has 3 rings (SSSR count). The Morgan fingerprint density at radius 3 is 2.92 bits per heavy atom. The van der Waals surface area contributed by atoms with Crippen LogP contribution in [-0.2, 0) is 17.1 Å². The first-order chi connectivity index (χ1) is 11.7. The van der Waals surface area contributed by atoms with Gasteiger partial charge in [-0.25, -0.2) is 0 Å². The van der Waals surface area contributed by atoms with Crippen LogP contribution < -0.4 is 10.1 Å². The van der Waals surface area contributed by atoms with Crippen LogP contribution in [0.15, 0.2) is 24.3 Å². The van der Waals surface area contributed by atoms with E-state index in [1.807, 2.05) is 18.2 Å². The quantitative estimate of drug-likeness (QED) is 0.583. The van der Waals surface area contributed by atoms with Crippen LogP contribution in [0.2, 0.25) is 0 Å². The molecule has 1 saturated carbocycles. The first-order valence-electron chi connectivity index (χ1n) is 8.51. The monoisotopic (exact) mass is 346 g/mol. The smallest absolute Gasteiger partial charge is 0.216 e. The first kappa shape index (κ1) is 17.0. The number of benzene rings is 1. The van der Waals surface area contributed by atoms with Gasteiger partial charge in [-0.15, -0.1) is 11.6 Å². The summed E-state index contributed by atoms with van der Waals surface area (Å²) in [6, 6.07) is 8.14. The number of hydrogen-bond donors (Lipinski definition) is 1. The Balaban J connectivity index is 1.72. The highest BCUT2D eigenvalue weighted by Gasteiger charge is 2.21. The molecule has 24 heavy (non-hydrogen) atoms. The molecule has 2 aromatic rings. The molecule has 1 aliphatic rings. The average Bonchev–Trinajstić information content (AvgIpc) is 3.40. The van der Waals surface area contributed by atoms with Crippen molar-refractivity contribution in [3.8, 4) is 5.75 Å². The van der Waals surface area contributed by atoms with Gasteiger partial charge in [-0.2, -0.15) is 0 Å². The van der Waals surface area contributed by atoms with Gasteiger partial charge in [-0.1, -0.05) is 0 Å². The van der Waals surface area contributed by atoms with Gasteiger partial charge < -0.3 is 10.1 Å². The van der Waals surface area contributed by atoms with Gasteiger partial charge in [-0.05, 0) is 61.4 Å². The number of hydrogen-bond acceptors (Lipinski definition) is 3. The van der Waals surface area contributed by atoms with E-state index in [2.05, 4.69) is 11.4 Å². The van der Waals surface area contributed by atoms with Gasteiger partial charge in [-0.3, -0.25) is 9.78 Å². The molecule has 0 unspecified atom stereocenters. The van der Waals surface area contributed by atoms with Crippen molar-refractivity contribution in [2.24, 2.45) is 5.92 Å². The van der Waals surface area contributed by atoms with E-state index in [0.717, 1.165) is 53.3 Å². The lowest BCUT2D eigenvalue weighted by atomic mass is 10.1. The summed E-state index contributed by atoms with van der Waals surface area (Å²) < 4.78 is 5.84. The second kappa shape index (κ2) is 7.84. The maximum Gasteiger partial charge on any atom is 0.216 e. The zero-order valence-corrected chi connectivity index (χ0v) is 14.7. The Labute approximate surface area is 147 Å². The van der Waals surface area contributed by atoms with E-state index in [1.54, 1.807) is 0 Å². The number of nitrogens with zero attached hydrogens (tertiary/aromatic N) is 1. The highest BCUT2D eigenvalue weighted by Crippen LogP contribution is 2.30. The van der Waals surface area contributed by atoms with Gasteiger partial charge in [0.2, 0.25) is 5.91 Å². The van der Waals surface area contributed by atoms with E-state index in [0.29, 0.717) is 12.4 Å². The van der Waals surface area contributed by atoms with Crippen molar-refractivity contribution in [3.05, 3.63) is 35.5 Å². The van der Waals surface area contributed by atoms with Crippen LogP contribution >= 0.6 is 11.6 Å².